The number of halogens is 1. The van der Waals surface area contributed by atoms with Gasteiger partial charge in [-0.3, -0.25) is 4.57 Å². The molecule has 23 heavy (non-hydrogen) atoms. The Morgan fingerprint density at radius 3 is 3.09 bits per heavy atom. The number of benzene rings is 1. The van der Waals surface area contributed by atoms with Crippen molar-refractivity contribution in [3.63, 3.8) is 0 Å². The number of hydrogen-bond donors (Lipinski definition) is 1. The summed E-state index contributed by atoms with van der Waals surface area (Å²) in [5.41, 5.74) is 1.08. The molecule has 0 saturated carbocycles. The molecule has 0 fully saturated rings. The number of H-pyrrole nitrogens is 1. The van der Waals surface area contributed by atoms with Crippen LogP contribution in [0.5, 0.6) is 0 Å². The molecule has 0 atom stereocenters. The summed E-state index contributed by atoms with van der Waals surface area (Å²) in [4.78, 5) is 16.0. The lowest BCUT2D eigenvalue weighted by atomic mass is 10.2. The number of oxazole rings is 1. The van der Waals surface area contributed by atoms with Crippen LogP contribution in [-0.4, -0.2) is 19.7 Å². The van der Waals surface area contributed by atoms with Gasteiger partial charge in [-0.15, -0.1) is 5.10 Å². The van der Waals surface area contributed by atoms with Crippen LogP contribution in [0, 0.1) is 5.82 Å². The van der Waals surface area contributed by atoms with E-state index in [1.54, 1.807) is 16.7 Å². The predicted octanol–water partition coefficient (Wildman–Crippen LogP) is 3.07. The average molecular weight is 334 g/mol. The second kappa shape index (κ2) is 6.82. The van der Waals surface area contributed by atoms with E-state index in [0.29, 0.717) is 34.6 Å². The molecule has 2 aromatic heterocycles. The number of nitrogens with zero attached hydrogens (tertiary/aromatic N) is 3. The summed E-state index contributed by atoms with van der Waals surface area (Å²) < 4.78 is 20.2. The Hall–Kier alpha value is -2.35. The minimum atomic E-state index is -0.336. The number of aromatic nitrogens is 4. The summed E-state index contributed by atoms with van der Waals surface area (Å²) >= 11 is 1.40. The maximum absolute atomic E-state index is 13.2. The Morgan fingerprint density at radius 1 is 1.43 bits per heavy atom. The zero-order chi connectivity index (χ0) is 16.2. The Labute approximate surface area is 135 Å². The fourth-order valence-electron chi connectivity index (χ4n) is 2.10. The van der Waals surface area contributed by atoms with E-state index in [9.17, 15) is 9.18 Å². The standard InChI is InChI=1S/C15H15FN4O2S/c1-2-6-20-14(21)18-19-15(20)23-9-12-8-22-13(17-12)10-4-3-5-11(16)7-10/h3-5,7-8H,2,6,9H2,1H3,(H,18,21). The van der Waals surface area contributed by atoms with Gasteiger partial charge in [0, 0.05) is 17.9 Å². The van der Waals surface area contributed by atoms with Crippen LogP contribution < -0.4 is 5.69 Å². The van der Waals surface area contributed by atoms with Gasteiger partial charge in [-0.2, -0.15) is 0 Å². The molecule has 0 aliphatic rings. The van der Waals surface area contributed by atoms with Crippen LogP contribution in [0.25, 0.3) is 11.5 Å². The number of aromatic amines is 1. The van der Waals surface area contributed by atoms with Crippen molar-refractivity contribution in [1.82, 2.24) is 19.7 Å². The molecular formula is C15H15FN4O2S. The van der Waals surface area contributed by atoms with Gasteiger partial charge in [0.15, 0.2) is 5.16 Å². The summed E-state index contributed by atoms with van der Waals surface area (Å²) in [7, 11) is 0. The zero-order valence-corrected chi connectivity index (χ0v) is 13.3. The van der Waals surface area contributed by atoms with Crippen LogP contribution in [0.1, 0.15) is 19.0 Å². The third-order valence-electron chi connectivity index (χ3n) is 3.14. The zero-order valence-electron chi connectivity index (χ0n) is 12.5. The van der Waals surface area contributed by atoms with E-state index >= 15 is 0 Å². The van der Waals surface area contributed by atoms with Gasteiger partial charge in [0.05, 0.1) is 5.69 Å². The van der Waals surface area contributed by atoms with Crippen molar-refractivity contribution in [3.05, 3.63) is 52.5 Å². The first kappa shape index (κ1) is 15.5. The van der Waals surface area contributed by atoms with Gasteiger partial charge >= 0.3 is 5.69 Å². The predicted molar refractivity (Wildman–Crippen MR) is 84.6 cm³/mol. The molecule has 8 heteroatoms. The Bertz CT molecular complexity index is 855. The van der Waals surface area contributed by atoms with Crippen LogP contribution >= 0.6 is 11.8 Å². The molecule has 2 heterocycles. The minimum absolute atomic E-state index is 0.213. The molecule has 0 bridgehead atoms. The molecule has 120 valence electrons. The van der Waals surface area contributed by atoms with E-state index in [4.69, 9.17) is 4.42 Å². The highest BCUT2D eigenvalue weighted by molar-refractivity contribution is 7.98. The summed E-state index contributed by atoms with van der Waals surface area (Å²) in [6, 6.07) is 6.08. The van der Waals surface area contributed by atoms with Crippen molar-refractivity contribution < 1.29 is 8.81 Å². The molecule has 3 rings (SSSR count). The van der Waals surface area contributed by atoms with Crippen molar-refractivity contribution >= 4 is 11.8 Å². The molecule has 1 aromatic carbocycles. The molecule has 0 spiro atoms. The van der Waals surface area contributed by atoms with E-state index in [-0.39, 0.29) is 11.5 Å². The molecule has 0 unspecified atom stereocenters. The molecule has 0 aliphatic heterocycles. The van der Waals surface area contributed by atoms with Crippen molar-refractivity contribution in [2.75, 3.05) is 0 Å². The monoisotopic (exact) mass is 334 g/mol. The van der Waals surface area contributed by atoms with E-state index in [0.717, 1.165) is 6.42 Å². The van der Waals surface area contributed by atoms with Gasteiger partial charge in [-0.05, 0) is 24.6 Å². The molecule has 0 amide bonds. The number of hydrogen-bond acceptors (Lipinski definition) is 5. The Morgan fingerprint density at radius 2 is 2.30 bits per heavy atom. The van der Waals surface area contributed by atoms with Crippen LogP contribution in [0.2, 0.25) is 0 Å². The summed E-state index contributed by atoms with van der Waals surface area (Å²) in [6.45, 7) is 2.61. The fourth-order valence-corrected chi connectivity index (χ4v) is 2.95. The normalized spacial score (nSPS) is 11.0. The van der Waals surface area contributed by atoms with Gasteiger partial charge in [0.25, 0.3) is 0 Å². The van der Waals surface area contributed by atoms with Crippen molar-refractivity contribution in [3.8, 4) is 11.5 Å². The van der Waals surface area contributed by atoms with Gasteiger partial charge in [0.1, 0.15) is 12.1 Å². The second-order valence-electron chi connectivity index (χ2n) is 4.91. The molecule has 0 saturated heterocycles. The highest BCUT2D eigenvalue weighted by Crippen LogP contribution is 2.23. The van der Waals surface area contributed by atoms with E-state index < -0.39 is 0 Å². The molecule has 1 N–H and O–H groups in total. The molecule has 0 aliphatic carbocycles. The fraction of sp³-hybridized carbons (Fsp3) is 0.267. The number of nitrogens with one attached hydrogen (secondary N) is 1. The minimum Gasteiger partial charge on any atom is -0.444 e. The van der Waals surface area contributed by atoms with E-state index in [1.165, 1.54) is 30.2 Å². The first-order valence-electron chi connectivity index (χ1n) is 7.15. The van der Waals surface area contributed by atoms with E-state index in [2.05, 4.69) is 15.2 Å². The molecular weight excluding hydrogens is 319 g/mol. The quantitative estimate of drug-likeness (QED) is 0.701. The summed E-state index contributed by atoms with van der Waals surface area (Å²) in [6.07, 6.45) is 2.38. The second-order valence-corrected chi connectivity index (χ2v) is 5.85. The maximum atomic E-state index is 13.2. The lowest BCUT2D eigenvalue weighted by molar-refractivity contribution is 0.571. The Kier molecular flexibility index (Phi) is 4.61. The molecule has 6 nitrogen and oxygen atoms in total. The third-order valence-corrected chi connectivity index (χ3v) is 4.15. The number of rotatable bonds is 6. The average Bonchev–Trinajstić information content (AvgIpc) is 3.14. The number of thioether (sulfide) groups is 1. The highest BCUT2D eigenvalue weighted by Gasteiger charge is 2.11. The summed E-state index contributed by atoms with van der Waals surface area (Å²) in [5, 5.41) is 7.07. The highest BCUT2D eigenvalue weighted by atomic mass is 32.2. The van der Waals surface area contributed by atoms with Crippen molar-refractivity contribution in [2.24, 2.45) is 0 Å². The maximum Gasteiger partial charge on any atom is 0.343 e. The molecule has 0 radical (unpaired) electrons. The Balaban J connectivity index is 1.72. The van der Waals surface area contributed by atoms with Gasteiger partial charge < -0.3 is 4.42 Å². The summed E-state index contributed by atoms with van der Waals surface area (Å²) in [5.74, 6) is 0.539. The van der Waals surface area contributed by atoms with Crippen LogP contribution in [-0.2, 0) is 12.3 Å². The first-order valence-corrected chi connectivity index (χ1v) is 8.14. The topological polar surface area (TPSA) is 76.7 Å². The smallest absolute Gasteiger partial charge is 0.343 e. The largest absolute Gasteiger partial charge is 0.444 e. The van der Waals surface area contributed by atoms with Gasteiger partial charge in [-0.25, -0.2) is 19.3 Å². The molecule has 3 aromatic rings. The van der Waals surface area contributed by atoms with E-state index in [1.807, 2.05) is 6.92 Å². The van der Waals surface area contributed by atoms with Crippen LogP contribution in [0.15, 0.2) is 44.9 Å². The first-order chi connectivity index (χ1) is 11.2. The lowest BCUT2D eigenvalue weighted by Gasteiger charge is -2.01. The lowest BCUT2D eigenvalue weighted by Crippen LogP contribution is -2.17. The van der Waals surface area contributed by atoms with Crippen molar-refractivity contribution in [1.29, 1.82) is 0 Å². The van der Waals surface area contributed by atoms with Crippen molar-refractivity contribution in [2.45, 2.75) is 30.8 Å². The van der Waals surface area contributed by atoms with Gasteiger partial charge in [0.2, 0.25) is 5.89 Å². The van der Waals surface area contributed by atoms with Crippen LogP contribution in [0.4, 0.5) is 4.39 Å². The van der Waals surface area contributed by atoms with Gasteiger partial charge in [-0.1, -0.05) is 24.8 Å². The van der Waals surface area contributed by atoms with Crippen LogP contribution in [0.3, 0.4) is 0 Å². The SMILES string of the molecule is CCCn1c(SCc2coc(-c3cccc(F)c3)n2)n[nH]c1=O. The third kappa shape index (κ3) is 3.53.